The van der Waals surface area contributed by atoms with E-state index in [0.717, 1.165) is 22.4 Å². The average molecular weight is 571 g/mol. The number of phenolic OH excluding ortho intramolecular Hbond substituents is 4. The predicted molar refractivity (Wildman–Crippen MR) is 162 cm³/mol. The molecule has 0 bridgehead atoms. The molecule has 3 atom stereocenters. The number of phenols is 4. The summed E-state index contributed by atoms with van der Waals surface area (Å²) < 4.78 is 10.7. The number of ether oxygens (including phenoxy) is 2. The number of carbonyl (C=O) groups excluding carboxylic acids is 1. The molecule has 0 saturated heterocycles. The SMILES string of the molecule is COc1ccc(CCC(=O)c2c(OC)cc(O)c([C@H](c3ccc(O)cc3)[C@H](C)[C@@H](C)Cc3ccc(O)cc3)c2O)cc1. The van der Waals surface area contributed by atoms with Gasteiger partial charge in [0.15, 0.2) is 5.78 Å². The minimum atomic E-state index is -0.517. The van der Waals surface area contributed by atoms with Crippen LogP contribution in [0.3, 0.4) is 0 Å². The van der Waals surface area contributed by atoms with Crippen LogP contribution >= 0.6 is 0 Å². The Morgan fingerprint density at radius 3 is 1.90 bits per heavy atom. The molecule has 42 heavy (non-hydrogen) atoms. The number of aromatic hydroxyl groups is 4. The Bertz CT molecular complexity index is 1490. The van der Waals surface area contributed by atoms with Gasteiger partial charge in [-0.1, -0.05) is 50.2 Å². The van der Waals surface area contributed by atoms with Crippen LogP contribution < -0.4 is 9.47 Å². The molecule has 0 unspecified atom stereocenters. The fraction of sp³-hybridized carbons (Fsp3) is 0.286. The first-order valence-electron chi connectivity index (χ1n) is 14.0. The molecule has 0 aliphatic rings. The molecule has 220 valence electrons. The van der Waals surface area contributed by atoms with Gasteiger partial charge in [0.25, 0.3) is 0 Å². The normalized spacial score (nSPS) is 13.2. The maximum Gasteiger partial charge on any atom is 0.170 e. The van der Waals surface area contributed by atoms with E-state index in [4.69, 9.17) is 9.47 Å². The third kappa shape index (κ3) is 6.79. The third-order valence-electron chi connectivity index (χ3n) is 8.06. The van der Waals surface area contributed by atoms with Gasteiger partial charge in [-0.2, -0.15) is 0 Å². The quantitative estimate of drug-likeness (QED) is 0.136. The number of aryl methyl sites for hydroxylation is 1. The van der Waals surface area contributed by atoms with Crippen molar-refractivity contribution in [2.75, 3.05) is 14.2 Å². The Hall–Kier alpha value is -4.65. The zero-order valence-electron chi connectivity index (χ0n) is 24.4. The van der Waals surface area contributed by atoms with Crippen LogP contribution in [0.4, 0.5) is 0 Å². The summed E-state index contributed by atoms with van der Waals surface area (Å²) in [6.07, 6.45) is 1.25. The zero-order valence-corrected chi connectivity index (χ0v) is 24.4. The summed E-state index contributed by atoms with van der Waals surface area (Å²) in [5.74, 6) is -0.277. The van der Waals surface area contributed by atoms with Crippen LogP contribution in [0, 0.1) is 11.8 Å². The fourth-order valence-electron chi connectivity index (χ4n) is 5.49. The molecule has 0 heterocycles. The molecule has 7 heteroatoms. The van der Waals surface area contributed by atoms with Gasteiger partial charge >= 0.3 is 0 Å². The summed E-state index contributed by atoms with van der Waals surface area (Å²) in [5, 5.41) is 42.6. The van der Waals surface area contributed by atoms with Gasteiger partial charge in [-0.05, 0) is 77.8 Å². The lowest BCUT2D eigenvalue weighted by Gasteiger charge is -2.32. The molecule has 0 aromatic heterocycles. The van der Waals surface area contributed by atoms with E-state index in [1.807, 2.05) is 43.3 Å². The van der Waals surface area contributed by atoms with E-state index < -0.39 is 5.92 Å². The molecule has 4 N–H and O–H groups in total. The second-order valence-electron chi connectivity index (χ2n) is 10.8. The van der Waals surface area contributed by atoms with Crippen molar-refractivity contribution in [1.82, 2.24) is 0 Å². The lowest BCUT2D eigenvalue weighted by Crippen LogP contribution is -2.21. The summed E-state index contributed by atoms with van der Waals surface area (Å²) in [5.41, 5.74) is 3.01. The zero-order chi connectivity index (χ0) is 30.4. The van der Waals surface area contributed by atoms with Crippen LogP contribution in [0.5, 0.6) is 34.5 Å². The maximum atomic E-state index is 13.6. The largest absolute Gasteiger partial charge is 0.508 e. The maximum absolute atomic E-state index is 13.6. The van der Waals surface area contributed by atoms with E-state index in [-0.39, 0.29) is 63.9 Å². The lowest BCUT2D eigenvalue weighted by molar-refractivity contribution is 0.0976. The monoisotopic (exact) mass is 570 g/mol. The highest BCUT2D eigenvalue weighted by Crippen LogP contribution is 2.49. The Morgan fingerprint density at radius 2 is 1.33 bits per heavy atom. The molecule has 0 saturated carbocycles. The van der Waals surface area contributed by atoms with Crippen molar-refractivity contribution in [2.45, 2.75) is 39.0 Å². The van der Waals surface area contributed by atoms with Crippen LogP contribution in [-0.2, 0) is 12.8 Å². The van der Waals surface area contributed by atoms with E-state index in [1.54, 1.807) is 43.5 Å². The van der Waals surface area contributed by atoms with Crippen LogP contribution in [-0.4, -0.2) is 40.4 Å². The molecule has 0 spiro atoms. The molecule has 0 aliphatic carbocycles. The van der Waals surface area contributed by atoms with Crippen molar-refractivity contribution in [3.05, 3.63) is 107 Å². The second kappa shape index (κ2) is 13.3. The Kier molecular flexibility index (Phi) is 9.63. The first-order valence-corrected chi connectivity index (χ1v) is 14.0. The number of ketones is 1. The molecular weight excluding hydrogens is 532 g/mol. The molecule has 4 rings (SSSR count). The standard InChI is InChI=1S/C35H38O7/c1-21(19-24-5-12-26(36)13-6-24)22(2)32(25-10-14-27(37)15-11-25)34-30(39)20-31(42-4)33(35(34)40)29(38)18-9-23-7-16-28(41-3)17-8-23/h5-8,10-17,20-22,32,36-37,39-40H,9,18-19H2,1-4H3/t21-,22+,32-/m0/s1. The predicted octanol–water partition coefficient (Wildman–Crippen LogP) is 6.99. The van der Waals surface area contributed by atoms with E-state index in [9.17, 15) is 25.2 Å². The van der Waals surface area contributed by atoms with E-state index in [0.29, 0.717) is 12.8 Å². The average Bonchev–Trinajstić information content (AvgIpc) is 2.99. The Labute approximate surface area is 246 Å². The van der Waals surface area contributed by atoms with Gasteiger partial charge in [-0.3, -0.25) is 4.79 Å². The minimum absolute atomic E-state index is 0.0287. The summed E-state index contributed by atoms with van der Waals surface area (Å²) >= 11 is 0. The topological polar surface area (TPSA) is 116 Å². The van der Waals surface area contributed by atoms with Crippen molar-refractivity contribution in [1.29, 1.82) is 0 Å². The summed E-state index contributed by atoms with van der Waals surface area (Å²) in [6, 6.07) is 22.5. The van der Waals surface area contributed by atoms with Crippen LogP contribution in [0.15, 0.2) is 78.9 Å². The molecular formula is C35H38O7. The van der Waals surface area contributed by atoms with Gasteiger partial charge < -0.3 is 29.9 Å². The van der Waals surface area contributed by atoms with E-state index in [2.05, 4.69) is 6.92 Å². The van der Waals surface area contributed by atoms with E-state index >= 15 is 0 Å². The highest BCUT2D eigenvalue weighted by Gasteiger charge is 2.34. The van der Waals surface area contributed by atoms with Crippen molar-refractivity contribution >= 4 is 5.78 Å². The van der Waals surface area contributed by atoms with Gasteiger partial charge in [0.2, 0.25) is 0 Å². The molecule has 4 aromatic carbocycles. The Morgan fingerprint density at radius 1 is 0.762 bits per heavy atom. The van der Waals surface area contributed by atoms with Crippen molar-refractivity contribution in [2.24, 2.45) is 11.8 Å². The number of rotatable bonds is 12. The number of hydrogen-bond acceptors (Lipinski definition) is 7. The number of carbonyl (C=O) groups is 1. The summed E-state index contributed by atoms with van der Waals surface area (Å²) in [6.45, 7) is 4.13. The van der Waals surface area contributed by atoms with Crippen LogP contribution in [0.1, 0.15) is 58.8 Å². The summed E-state index contributed by atoms with van der Waals surface area (Å²) in [7, 11) is 2.99. The molecule has 7 nitrogen and oxygen atoms in total. The number of benzene rings is 4. The molecule has 4 aromatic rings. The number of hydrogen-bond donors (Lipinski definition) is 4. The second-order valence-corrected chi connectivity index (χ2v) is 10.8. The van der Waals surface area contributed by atoms with Gasteiger partial charge in [-0.15, -0.1) is 0 Å². The number of methoxy groups -OCH3 is 2. The molecule has 0 fully saturated rings. The first-order chi connectivity index (χ1) is 20.1. The molecule has 0 amide bonds. The van der Waals surface area contributed by atoms with E-state index in [1.165, 1.54) is 13.2 Å². The lowest BCUT2D eigenvalue weighted by atomic mass is 9.73. The van der Waals surface area contributed by atoms with Crippen LogP contribution in [0.2, 0.25) is 0 Å². The first kappa shape index (κ1) is 30.3. The van der Waals surface area contributed by atoms with Crippen molar-refractivity contribution < 1.29 is 34.7 Å². The van der Waals surface area contributed by atoms with Crippen LogP contribution in [0.25, 0.3) is 0 Å². The smallest absolute Gasteiger partial charge is 0.170 e. The van der Waals surface area contributed by atoms with Crippen molar-refractivity contribution in [3.63, 3.8) is 0 Å². The fourth-order valence-corrected chi connectivity index (χ4v) is 5.49. The highest BCUT2D eigenvalue weighted by molar-refractivity contribution is 6.02. The minimum Gasteiger partial charge on any atom is -0.508 e. The van der Waals surface area contributed by atoms with Gasteiger partial charge in [-0.25, -0.2) is 0 Å². The van der Waals surface area contributed by atoms with Gasteiger partial charge in [0, 0.05) is 24.0 Å². The molecule has 0 aliphatic heterocycles. The Balaban J connectivity index is 1.73. The number of Topliss-reactive ketones (excluding diaryl/α,β-unsaturated/α-hetero) is 1. The van der Waals surface area contributed by atoms with Gasteiger partial charge in [0.1, 0.15) is 40.1 Å². The van der Waals surface area contributed by atoms with Gasteiger partial charge in [0.05, 0.1) is 14.2 Å². The van der Waals surface area contributed by atoms with Crippen molar-refractivity contribution in [3.8, 4) is 34.5 Å². The summed E-state index contributed by atoms with van der Waals surface area (Å²) in [4.78, 5) is 13.6. The highest BCUT2D eigenvalue weighted by atomic mass is 16.5. The molecule has 0 radical (unpaired) electrons. The third-order valence-corrected chi connectivity index (χ3v) is 8.06.